The molecule has 2 aromatic carbocycles. The number of benzene rings is 2. The minimum atomic E-state index is 0.793. The third kappa shape index (κ3) is 5.53. The highest BCUT2D eigenvalue weighted by atomic mass is 14.4. The summed E-state index contributed by atoms with van der Waals surface area (Å²) < 4.78 is 0. The molecular weight excluding hydrogens is 348 g/mol. The maximum atomic E-state index is 2.40. The largest absolute Gasteiger partial charge is 0.0654 e. The molecule has 2 fully saturated rings. The van der Waals surface area contributed by atoms with E-state index < -0.39 is 0 Å². The van der Waals surface area contributed by atoms with E-state index in [1.165, 1.54) is 88.2 Å². The lowest BCUT2D eigenvalue weighted by molar-refractivity contribution is 0.155. The molecule has 0 aliphatic heterocycles. The third-order valence-corrected chi connectivity index (χ3v) is 8.04. The van der Waals surface area contributed by atoms with E-state index in [0.29, 0.717) is 0 Å². The Labute approximate surface area is 179 Å². The molecule has 2 aromatic rings. The average molecular weight is 389 g/mol. The fraction of sp³-hybridized carbons (Fsp3) is 0.586. The van der Waals surface area contributed by atoms with Crippen molar-refractivity contribution >= 4 is 0 Å². The molecule has 0 atom stereocenters. The minimum Gasteiger partial charge on any atom is -0.0654 e. The predicted octanol–water partition coefficient (Wildman–Crippen LogP) is 9.01. The van der Waals surface area contributed by atoms with Crippen molar-refractivity contribution in [2.45, 2.75) is 89.9 Å². The lowest BCUT2D eigenvalue weighted by Gasteiger charge is -2.38. The standard InChI is InChI=1S/C29H40/c1-2-3-5-8-23-11-13-25(14-12-23)27-19-21-29(22-20-27)28-17-15-26(16-18-28)24-9-6-4-7-10-24/h4,6-7,9-10,15-18,23,25,27,29H,2-3,5,8,11-14,19-22H2,1H3. The van der Waals surface area contributed by atoms with Gasteiger partial charge in [-0.2, -0.15) is 0 Å². The van der Waals surface area contributed by atoms with Crippen LogP contribution in [0.15, 0.2) is 54.6 Å². The Bertz CT molecular complexity index is 697. The van der Waals surface area contributed by atoms with E-state index in [0.717, 1.165) is 23.7 Å². The summed E-state index contributed by atoms with van der Waals surface area (Å²) in [4.78, 5) is 0. The van der Waals surface area contributed by atoms with E-state index in [1.807, 2.05) is 0 Å². The Morgan fingerprint density at radius 3 is 1.83 bits per heavy atom. The fourth-order valence-corrected chi connectivity index (χ4v) is 6.13. The van der Waals surface area contributed by atoms with Gasteiger partial charge in [-0.25, -0.2) is 0 Å². The van der Waals surface area contributed by atoms with E-state index in [-0.39, 0.29) is 0 Å². The van der Waals surface area contributed by atoms with Crippen LogP contribution >= 0.6 is 0 Å². The maximum Gasteiger partial charge on any atom is -0.0162 e. The van der Waals surface area contributed by atoms with Crippen molar-refractivity contribution in [3.05, 3.63) is 60.2 Å². The second kappa shape index (κ2) is 10.5. The zero-order valence-electron chi connectivity index (χ0n) is 18.5. The van der Waals surface area contributed by atoms with Crippen molar-refractivity contribution < 1.29 is 0 Å². The Hall–Kier alpha value is -1.56. The summed E-state index contributed by atoms with van der Waals surface area (Å²) in [5, 5.41) is 0. The van der Waals surface area contributed by atoms with Gasteiger partial charge in [0.1, 0.15) is 0 Å². The van der Waals surface area contributed by atoms with Gasteiger partial charge >= 0.3 is 0 Å². The van der Waals surface area contributed by atoms with Crippen molar-refractivity contribution in [2.75, 3.05) is 0 Å². The lowest BCUT2D eigenvalue weighted by Crippen LogP contribution is -2.25. The Kier molecular flexibility index (Phi) is 7.47. The van der Waals surface area contributed by atoms with E-state index in [4.69, 9.17) is 0 Å². The fourth-order valence-electron chi connectivity index (χ4n) is 6.13. The summed E-state index contributed by atoms with van der Waals surface area (Å²) in [5.41, 5.74) is 4.24. The summed E-state index contributed by atoms with van der Waals surface area (Å²) >= 11 is 0. The van der Waals surface area contributed by atoms with Crippen molar-refractivity contribution in [1.82, 2.24) is 0 Å². The average Bonchev–Trinajstić information content (AvgIpc) is 2.81. The smallest absolute Gasteiger partial charge is 0.0162 e. The van der Waals surface area contributed by atoms with Gasteiger partial charge < -0.3 is 0 Å². The van der Waals surface area contributed by atoms with E-state index in [1.54, 1.807) is 5.56 Å². The maximum absolute atomic E-state index is 2.40. The van der Waals surface area contributed by atoms with Crippen LogP contribution in [0.2, 0.25) is 0 Å². The van der Waals surface area contributed by atoms with Gasteiger partial charge in [-0.3, -0.25) is 0 Å². The summed E-state index contributed by atoms with van der Waals surface area (Å²) in [6.45, 7) is 2.32. The summed E-state index contributed by atoms with van der Waals surface area (Å²) in [6.07, 6.45) is 17.6. The number of unbranched alkanes of at least 4 members (excludes halogenated alkanes) is 2. The first-order valence-corrected chi connectivity index (χ1v) is 12.5. The highest BCUT2D eigenvalue weighted by molar-refractivity contribution is 5.63. The van der Waals surface area contributed by atoms with Crippen LogP contribution in [-0.2, 0) is 0 Å². The zero-order valence-corrected chi connectivity index (χ0v) is 18.5. The topological polar surface area (TPSA) is 0 Å². The molecule has 2 aliphatic carbocycles. The Morgan fingerprint density at radius 1 is 0.621 bits per heavy atom. The first-order valence-electron chi connectivity index (χ1n) is 12.5. The molecule has 0 radical (unpaired) electrons. The van der Waals surface area contributed by atoms with Crippen LogP contribution in [0, 0.1) is 17.8 Å². The summed E-state index contributed by atoms with van der Waals surface area (Å²) in [6, 6.07) is 20.2. The number of hydrogen-bond acceptors (Lipinski definition) is 0. The molecule has 0 nitrogen and oxygen atoms in total. The summed E-state index contributed by atoms with van der Waals surface area (Å²) in [5.74, 6) is 3.91. The molecule has 0 heterocycles. The first-order chi connectivity index (χ1) is 14.3. The van der Waals surface area contributed by atoms with Gasteiger partial charge in [0, 0.05) is 0 Å². The van der Waals surface area contributed by atoms with Crippen LogP contribution in [0.3, 0.4) is 0 Å². The number of hydrogen-bond donors (Lipinski definition) is 0. The van der Waals surface area contributed by atoms with Gasteiger partial charge in [-0.1, -0.05) is 100 Å². The molecule has 2 saturated carbocycles. The SMILES string of the molecule is CCCCCC1CCC(C2CCC(c3ccc(-c4ccccc4)cc3)CC2)CC1. The molecule has 0 bridgehead atoms. The lowest BCUT2D eigenvalue weighted by atomic mass is 9.68. The highest BCUT2D eigenvalue weighted by Gasteiger charge is 2.31. The van der Waals surface area contributed by atoms with Gasteiger partial charge in [-0.05, 0) is 78.9 Å². The van der Waals surface area contributed by atoms with Crippen molar-refractivity contribution in [1.29, 1.82) is 0 Å². The van der Waals surface area contributed by atoms with Gasteiger partial charge in [0.05, 0.1) is 0 Å². The van der Waals surface area contributed by atoms with Crippen LogP contribution in [0.5, 0.6) is 0 Å². The van der Waals surface area contributed by atoms with E-state index in [9.17, 15) is 0 Å². The molecule has 0 aromatic heterocycles. The highest BCUT2D eigenvalue weighted by Crippen LogP contribution is 2.44. The van der Waals surface area contributed by atoms with Crippen LogP contribution in [-0.4, -0.2) is 0 Å². The monoisotopic (exact) mass is 388 g/mol. The van der Waals surface area contributed by atoms with Crippen molar-refractivity contribution in [3.8, 4) is 11.1 Å². The molecule has 156 valence electrons. The van der Waals surface area contributed by atoms with Gasteiger partial charge in [0.25, 0.3) is 0 Å². The van der Waals surface area contributed by atoms with Gasteiger partial charge in [0.2, 0.25) is 0 Å². The van der Waals surface area contributed by atoms with Crippen LogP contribution in [0.25, 0.3) is 11.1 Å². The minimum absolute atomic E-state index is 0.793. The predicted molar refractivity (Wildman–Crippen MR) is 126 cm³/mol. The van der Waals surface area contributed by atoms with Gasteiger partial charge in [-0.15, -0.1) is 0 Å². The van der Waals surface area contributed by atoms with E-state index in [2.05, 4.69) is 61.5 Å². The third-order valence-electron chi connectivity index (χ3n) is 8.04. The first kappa shape index (κ1) is 20.7. The molecular formula is C29H40. The Balaban J connectivity index is 1.24. The molecule has 0 unspecified atom stereocenters. The van der Waals surface area contributed by atoms with Gasteiger partial charge in [0.15, 0.2) is 0 Å². The quantitative estimate of drug-likeness (QED) is 0.415. The van der Waals surface area contributed by atoms with Crippen molar-refractivity contribution in [2.24, 2.45) is 17.8 Å². The van der Waals surface area contributed by atoms with Crippen LogP contribution in [0.1, 0.15) is 95.5 Å². The molecule has 2 aliphatic rings. The summed E-state index contributed by atoms with van der Waals surface area (Å²) in [7, 11) is 0. The molecule has 0 saturated heterocycles. The molecule has 0 spiro atoms. The second-order valence-corrected chi connectivity index (χ2v) is 9.88. The second-order valence-electron chi connectivity index (χ2n) is 9.88. The zero-order chi connectivity index (χ0) is 19.9. The Morgan fingerprint density at radius 2 is 1.21 bits per heavy atom. The van der Waals surface area contributed by atoms with Crippen LogP contribution in [0.4, 0.5) is 0 Å². The molecule has 0 heteroatoms. The molecule has 0 amide bonds. The van der Waals surface area contributed by atoms with Crippen LogP contribution < -0.4 is 0 Å². The molecule has 4 rings (SSSR count). The molecule has 29 heavy (non-hydrogen) atoms. The normalized spacial score (nSPS) is 27.6. The molecule has 0 N–H and O–H groups in total. The van der Waals surface area contributed by atoms with Crippen molar-refractivity contribution in [3.63, 3.8) is 0 Å². The number of rotatable bonds is 7. The van der Waals surface area contributed by atoms with E-state index >= 15 is 0 Å².